The lowest BCUT2D eigenvalue weighted by atomic mass is 9.97. The highest BCUT2D eigenvalue weighted by atomic mass is 16.3. The van der Waals surface area contributed by atoms with Crippen molar-refractivity contribution in [2.24, 2.45) is 0 Å². The summed E-state index contributed by atoms with van der Waals surface area (Å²) in [5, 5.41) is 18.2. The first-order valence-electron chi connectivity index (χ1n) is 14.6. The van der Waals surface area contributed by atoms with Gasteiger partial charge < -0.3 is 10.4 Å². The number of benzene rings is 3. The highest BCUT2D eigenvalue weighted by Gasteiger charge is 2.22. The van der Waals surface area contributed by atoms with E-state index in [1.165, 1.54) is 17.7 Å². The fourth-order valence-electron chi connectivity index (χ4n) is 5.85. The first-order valence-corrected chi connectivity index (χ1v) is 14.6. The van der Waals surface area contributed by atoms with Crippen molar-refractivity contribution in [1.82, 2.24) is 29.8 Å². The zero-order valence-electron chi connectivity index (χ0n) is 23.9. The summed E-state index contributed by atoms with van der Waals surface area (Å²) in [6, 6.07) is 29.7. The molecule has 0 bridgehead atoms. The molecule has 214 valence electrons. The monoisotopic (exact) mass is 568 g/mol. The van der Waals surface area contributed by atoms with E-state index in [2.05, 4.69) is 62.8 Å². The van der Waals surface area contributed by atoms with Crippen LogP contribution in [-0.2, 0) is 6.54 Å². The van der Waals surface area contributed by atoms with Crippen LogP contribution in [0.2, 0.25) is 0 Å². The number of fused-ring (bicyclic) bond motifs is 3. The van der Waals surface area contributed by atoms with Crippen LogP contribution in [-0.4, -0.2) is 54.6 Å². The maximum atomic E-state index is 12.6. The van der Waals surface area contributed by atoms with E-state index in [1.54, 1.807) is 12.1 Å². The molecule has 3 aromatic heterocycles. The molecule has 0 saturated carbocycles. The molecule has 43 heavy (non-hydrogen) atoms. The van der Waals surface area contributed by atoms with Crippen molar-refractivity contribution in [3.63, 3.8) is 0 Å². The number of likely N-dealkylation sites (tertiary alicyclic amines) is 1. The third kappa shape index (κ3) is 5.57. The minimum Gasteiger partial charge on any atom is -0.508 e. The largest absolute Gasteiger partial charge is 0.508 e. The summed E-state index contributed by atoms with van der Waals surface area (Å²) in [6.07, 6.45) is 3.68. The number of hydrogen-bond acceptors (Lipinski definition) is 6. The van der Waals surface area contributed by atoms with E-state index in [4.69, 9.17) is 4.98 Å². The maximum Gasteiger partial charge on any atom is 0.251 e. The standard InChI is InChI=1S/C35H32N6O2/c1-23-19-32-36-21-28-20-31(25-5-3-2-4-6-25)33(38-34(28)41(32)39-23)26-9-7-24(8-10-26)22-40-17-15-29(16-18-40)37-35(43)27-11-13-30(42)14-12-27/h2-14,19-21,29,42H,15-18,22H2,1H3,(H,37,43). The van der Waals surface area contributed by atoms with Gasteiger partial charge in [0.25, 0.3) is 5.91 Å². The van der Waals surface area contributed by atoms with Crippen LogP contribution in [0.15, 0.2) is 97.2 Å². The van der Waals surface area contributed by atoms with Crippen LogP contribution in [0.25, 0.3) is 39.1 Å². The van der Waals surface area contributed by atoms with E-state index < -0.39 is 0 Å². The molecule has 1 aliphatic heterocycles. The summed E-state index contributed by atoms with van der Waals surface area (Å²) in [7, 11) is 0. The van der Waals surface area contributed by atoms with Gasteiger partial charge in [-0.1, -0.05) is 54.6 Å². The SMILES string of the molecule is Cc1cc2ncc3cc(-c4ccccc4)c(-c4ccc(CN5CCC(NC(=O)c6ccc(O)cc6)CC5)cc4)nc3n2n1. The molecule has 1 aliphatic rings. The first-order chi connectivity index (χ1) is 21.0. The molecule has 0 atom stereocenters. The smallest absolute Gasteiger partial charge is 0.251 e. The van der Waals surface area contributed by atoms with Crippen molar-refractivity contribution in [3.8, 4) is 28.1 Å². The van der Waals surface area contributed by atoms with Crippen molar-refractivity contribution in [2.75, 3.05) is 13.1 Å². The van der Waals surface area contributed by atoms with Gasteiger partial charge in [0.1, 0.15) is 5.75 Å². The quantitative estimate of drug-likeness (QED) is 0.255. The Morgan fingerprint density at radius 1 is 0.930 bits per heavy atom. The van der Waals surface area contributed by atoms with Crippen LogP contribution < -0.4 is 5.32 Å². The highest BCUT2D eigenvalue weighted by molar-refractivity contribution is 5.94. The normalized spacial score (nSPS) is 14.3. The number of aromatic nitrogens is 4. The summed E-state index contributed by atoms with van der Waals surface area (Å²) in [5.74, 6) is 0.0669. The van der Waals surface area contributed by atoms with E-state index in [0.29, 0.717) is 5.56 Å². The van der Waals surface area contributed by atoms with Gasteiger partial charge in [0.15, 0.2) is 11.3 Å². The number of rotatable bonds is 6. The lowest BCUT2D eigenvalue weighted by molar-refractivity contribution is 0.0909. The number of phenols is 1. The number of carbonyl (C=O) groups excluding carboxylic acids is 1. The average Bonchev–Trinajstić information content (AvgIpc) is 3.43. The average molecular weight is 569 g/mol. The van der Waals surface area contributed by atoms with Crippen LogP contribution in [0.3, 0.4) is 0 Å². The van der Waals surface area contributed by atoms with Crippen LogP contribution >= 0.6 is 0 Å². The topological polar surface area (TPSA) is 95.7 Å². The van der Waals surface area contributed by atoms with Crippen molar-refractivity contribution in [3.05, 3.63) is 114 Å². The number of amides is 1. The van der Waals surface area contributed by atoms with Crippen molar-refractivity contribution < 1.29 is 9.90 Å². The van der Waals surface area contributed by atoms with E-state index >= 15 is 0 Å². The van der Waals surface area contributed by atoms with Gasteiger partial charge in [-0.2, -0.15) is 9.61 Å². The van der Waals surface area contributed by atoms with Gasteiger partial charge in [0, 0.05) is 60.0 Å². The highest BCUT2D eigenvalue weighted by Crippen LogP contribution is 2.33. The number of hydrogen-bond donors (Lipinski definition) is 2. The Hall–Kier alpha value is -5.08. The zero-order valence-corrected chi connectivity index (χ0v) is 23.9. The number of aryl methyl sites for hydroxylation is 1. The number of piperidine rings is 1. The molecule has 1 amide bonds. The second-order valence-electron chi connectivity index (χ2n) is 11.2. The van der Waals surface area contributed by atoms with Gasteiger partial charge in [0.2, 0.25) is 0 Å². The lowest BCUT2D eigenvalue weighted by Crippen LogP contribution is -2.44. The summed E-state index contributed by atoms with van der Waals surface area (Å²) >= 11 is 0. The van der Waals surface area contributed by atoms with Crippen molar-refractivity contribution >= 4 is 22.6 Å². The molecular weight excluding hydrogens is 536 g/mol. The number of nitrogens with one attached hydrogen (secondary N) is 1. The zero-order chi connectivity index (χ0) is 29.3. The molecule has 1 saturated heterocycles. The molecule has 7 rings (SSSR count). The van der Waals surface area contributed by atoms with Gasteiger partial charge in [-0.15, -0.1) is 0 Å². The summed E-state index contributed by atoms with van der Waals surface area (Å²) < 4.78 is 1.83. The minimum absolute atomic E-state index is 0.0918. The number of phenolic OH excluding ortho intramolecular Hbond substituents is 1. The predicted octanol–water partition coefficient (Wildman–Crippen LogP) is 6.02. The van der Waals surface area contributed by atoms with E-state index in [9.17, 15) is 9.90 Å². The molecule has 0 spiro atoms. The van der Waals surface area contributed by atoms with Gasteiger partial charge in [0.05, 0.1) is 11.4 Å². The molecule has 0 aliphatic carbocycles. The second-order valence-corrected chi connectivity index (χ2v) is 11.2. The van der Waals surface area contributed by atoms with E-state index in [-0.39, 0.29) is 17.7 Å². The van der Waals surface area contributed by atoms with Crippen LogP contribution in [0.4, 0.5) is 0 Å². The Bertz CT molecular complexity index is 1910. The van der Waals surface area contributed by atoms with E-state index in [1.807, 2.05) is 41.9 Å². The van der Waals surface area contributed by atoms with E-state index in [0.717, 1.165) is 77.2 Å². The van der Waals surface area contributed by atoms with Crippen molar-refractivity contribution in [2.45, 2.75) is 32.4 Å². The number of pyridine rings is 1. The number of carbonyl (C=O) groups is 1. The molecular formula is C35H32N6O2. The van der Waals surface area contributed by atoms with Gasteiger partial charge >= 0.3 is 0 Å². The lowest BCUT2D eigenvalue weighted by Gasteiger charge is -2.32. The van der Waals surface area contributed by atoms with Crippen LogP contribution in [0, 0.1) is 6.92 Å². The molecule has 1 fully saturated rings. The fraction of sp³-hybridized carbons (Fsp3) is 0.200. The Morgan fingerprint density at radius 2 is 1.67 bits per heavy atom. The minimum atomic E-state index is -0.0918. The van der Waals surface area contributed by atoms with Crippen LogP contribution in [0.1, 0.15) is 34.5 Å². The predicted molar refractivity (Wildman–Crippen MR) is 168 cm³/mol. The first kappa shape index (κ1) is 26.8. The Labute approximate surface area is 249 Å². The summed E-state index contributed by atoms with van der Waals surface area (Å²) in [4.78, 5) is 24.8. The summed E-state index contributed by atoms with van der Waals surface area (Å²) in [6.45, 7) is 4.66. The number of aromatic hydroxyl groups is 1. The molecule has 2 N–H and O–H groups in total. The Morgan fingerprint density at radius 3 is 2.42 bits per heavy atom. The van der Waals surface area contributed by atoms with Gasteiger partial charge in [-0.3, -0.25) is 9.69 Å². The van der Waals surface area contributed by atoms with Gasteiger partial charge in [-0.25, -0.2) is 9.97 Å². The molecule has 8 heteroatoms. The maximum absolute atomic E-state index is 12.6. The molecule has 0 radical (unpaired) electrons. The van der Waals surface area contributed by atoms with Crippen molar-refractivity contribution in [1.29, 1.82) is 0 Å². The second kappa shape index (κ2) is 11.3. The summed E-state index contributed by atoms with van der Waals surface area (Å²) in [5.41, 5.74) is 8.42. The molecule has 6 aromatic rings. The molecule has 4 heterocycles. The van der Waals surface area contributed by atoms with Gasteiger partial charge in [-0.05, 0) is 61.2 Å². The third-order valence-corrected chi connectivity index (χ3v) is 8.15. The fourth-order valence-corrected chi connectivity index (χ4v) is 5.85. The Balaban J connectivity index is 1.09. The molecule has 0 unspecified atom stereocenters. The number of nitrogens with zero attached hydrogens (tertiary/aromatic N) is 5. The Kier molecular flexibility index (Phi) is 7.04. The van der Waals surface area contributed by atoms with Crippen LogP contribution in [0.5, 0.6) is 5.75 Å². The molecule has 8 nitrogen and oxygen atoms in total. The third-order valence-electron chi connectivity index (χ3n) is 8.15. The molecule has 3 aromatic carbocycles.